The van der Waals surface area contributed by atoms with Crippen LogP contribution in [0.15, 0.2) is 18.2 Å². The second-order valence-corrected chi connectivity index (χ2v) is 5.94. The van der Waals surface area contributed by atoms with Crippen LogP contribution in [0, 0.1) is 0 Å². The lowest BCUT2D eigenvalue weighted by molar-refractivity contribution is -0.130. The monoisotopic (exact) mass is 265 g/mol. The SMILES string of the molecule is CCC1(CC)C(=O)NC(C)(C)c2c(Cl)cccc21. The van der Waals surface area contributed by atoms with Gasteiger partial charge in [-0.05, 0) is 43.9 Å². The van der Waals surface area contributed by atoms with Crippen molar-refractivity contribution in [2.75, 3.05) is 0 Å². The van der Waals surface area contributed by atoms with Gasteiger partial charge in [0.1, 0.15) is 0 Å². The number of benzene rings is 1. The largest absolute Gasteiger partial charge is 0.346 e. The third-order valence-electron chi connectivity index (χ3n) is 4.22. The van der Waals surface area contributed by atoms with Crippen molar-refractivity contribution >= 4 is 17.5 Å². The zero-order valence-corrected chi connectivity index (χ0v) is 12.2. The van der Waals surface area contributed by atoms with E-state index in [2.05, 4.69) is 25.2 Å². The van der Waals surface area contributed by atoms with Gasteiger partial charge in [-0.15, -0.1) is 0 Å². The third kappa shape index (κ3) is 1.66. The molecule has 0 aromatic heterocycles. The van der Waals surface area contributed by atoms with E-state index in [1.54, 1.807) is 0 Å². The van der Waals surface area contributed by atoms with Crippen molar-refractivity contribution in [3.05, 3.63) is 34.3 Å². The van der Waals surface area contributed by atoms with E-state index in [0.717, 1.165) is 29.0 Å². The summed E-state index contributed by atoms with van der Waals surface area (Å²) in [6.45, 7) is 8.13. The summed E-state index contributed by atoms with van der Waals surface area (Å²) in [5.74, 6) is 0.118. The summed E-state index contributed by atoms with van der Waals surface area (Å²) >= 11 is 6.36. The van der Waals surface area contributed by atoms with Crippen molar-refractivity contribution in [3.63, 3.8) is 0 Å². The molecule has 0 bridgehead atoms. The van der Waals surface area contributed by atoms with Gasteiger partial charge in [0, 0.05) is 5.02 Å². The maximum Gasteiger partial charge on any atom is 0.231 e. The summed E-state index contributed by atoms with van der Waals surface area (Å²) < 4.78 is 0. The molecule has 3 heteroatoms. The van der Waals surface area contributed by atoms with E-state index in [1.807, 2.05) is 26.0 Å². The van der Waals surface area contributed by atoms with Crippen LogP contribution in [0.3, 0.4) is 0 Å². The molecule has 0 fully saturated rings. The summed E-state index contributed by atoms with van der Waals surface area (Å²) in [7, 11) is 0. The minimum absolute atomic E-state index is 0.118. The van der Waals surface area contributed by atoms with Gasteiger partial charge in [0.05, 0.1) is 11.0 Å². The fourth-order valence-corrected chi connectivity index (χ4v) is 3.51. The summed E-state index contributed by atoms with van der Waals surface area (Å²) in [6, 6.07) is 5.89. The first-order chi connectivity index (χ1) is 8.39. The van der Waals surface area contributed by atoms with Gasteiger partial charge in [-0.25, -0.2) is 0 Å². The van der Waals surface area contributed by atoms with Gasteiger partial charge in [-0.1, -0.05) is 37.6 Å². The van der Waals surface area contributed by atoms with Crippen molar-refractivity contribution < 1.29 is 4.79 Å². The van der Waals surface area contributed by atoms with Crippen LogP contribution in [0.4, 0.5) is 0 Å². The highest BCUT2D eigenvalue weighted by Crippen LogP contribution is 2.45. The normalized spacial score (nSPS) is 20.2. The molecule has 1 aliphatic rings. The minimum Gasteiger partial charge on any atom is -0.346 e. The van der Waals surface area contributed by atoms with Crippen LogP contribution in [0.25, 0.3) is 0 Å². The first-order valence-electron chi connectivity index (χ1n) is 6.51. The Morgan fingerprint density at radius 3 is 2.39 bits per heavy atom. The Kier molecular flexibility index (Phi) is 3.18. The number of nitrogens with one attached hydrogen (secondary N) is 1. The molecule has 18 heavy (non-hydrogen) atoms. The quantitative estimate of drug-likeness (QED) is 0.867. The Morgan fingerprint density at radius 2 is 1.83 bits per heavy atom. The average molecular weight is 266 g/mol. The predicted octanol–water partition coefficient (Wildman–Crippen LogP) is 3.76. The Hall–Kier alpha value is -1.02. The molecule has 1 aromatic carbocycles. The number of carbonyl (C=O) groups excluding carboxylic acids is 1. The van der Waals surface area contributed by atoms with E-state index in [9.17, 15) is 4.79 Å². The molecule has 0 saturated heterocycles. The number of amides is 1. The van der Waals surface area contributed by atoms with Crippen molar-refractivity contribution in [2.45, 2.75) is 51.5 Å². The maximum absolute atomic E-state index is 12.5. The Bertz CT molecular complexity index is 489. The molecule has 1 amide bonds. The fourth-order valence-electron chi connectivity index (χ4n) is 3.10. The minimum atomic E-state index is -0.435. The number of fused-ring (bicyclic) bond motifs is 1. The van der Waals surface area contributed by atoms with Gasteiger partial charge in [0.15, 0.2) is 0 Å². The van der Waals surface area contributed by atoms with E-state index < -0.39 is 11.0 Å². The van der Waals surface area contributed by atoms with Crippen molar-refractivity contribution in [1.82, 2.24) is 5.32 Å². The second kappa shape index (κ2) is 4.27. The molecular formula is C15H20ClNO. The molecule has 1 aliphatic heterocycles. The molecule has 98 valence electrons. The van der Waals surface area contributed by atoms with Crippen molar-refractivity contribution in [1.29, 1.82) is 0 Å². The number of rotatable bonds is 2. The zero-order chi connectivity index (χ0) is 13.6. The second-order valence-electron chi connectivity index (χ2n) is 5.53. The predicted molar refractivity (Wildman–Crippen MR) is 74.9 cm³/mol. The van der Waals surface area contributed by atoms with Gasteiger partial charge in [-0.3, -0.25) is 4.79 Å². The van der Waals surface area contributed by atoms with Crippen LogP contribution in [0.5, 0.6) is 0 Å². The molecule has 1 N–H and O–H groups in total. The van der Waals surface area contributed by atoms with Gasteiger partial charge in [0.25, 0.3) is 0 Å². The molecule has 0 aliphatic carbocycles. The lowest BCUT2D eigenvalue weighted by atomic mass is 9.67. The van der Waals surface area contributed by atoms with Gasteiger partial charge in [-0.2, -0.15) is 0 Å². The summed E-state index contributed by atoms with van der Waals surface area (Å²) in [6.07, 6.45) is 1.58. The molecule has 2 nitrogen and oxygen atoms in total. The third-order valence-corrected chi connectivity index (χ3v) is 4.54. The fraction of sp³-hybridized carbons (Fsp3) is 0.533. The first kappa shape index (κ1) is 13.4. The number of halogens is 1. The summed E-state index contributed by atoms with van der Waals surface area (Å²) in [4.78, 5) is 12.5. The molecule has 0 atom stereocenters. The maximum atomic E-state index is 12.5. The molecule has 0 spiro atoms. The van der Waals surface area contributed by atoms with E-state index in [0.29, 0.717) is 0 Å². The smallest absolute Gasteiger partial charge is 0.231 e. The van der Waals surface area contributed by atoms with E-state index in [1.165, 1.54) is 0 Å². The zero-order valence-electron chi connectivity index (χ0n) is 11.4. The van der Waals surface area contributed by atoms with Crippen LogP contribution in [-0.2, 0) is 15.7 Å². The van der Waals surface area contributed by atoms with Crippen LogP contribution in [-0.4, -0.2) is 5.91 Å². The molecule has 0 radical (unpaired) electrons. The Labute approximate surface area is 114 Å². The van der Waals surface area contributed by atoms with Gasteiger partial charge in [0.2, 0.25) is 5.91 Å². The Morgan fingerprint density at radius 1 is 1.22 bits per heavy atom. The lowest BCUT2D eigenvalue weighted by Gasteiger charge is -2.44. The topological polar surface area (TPSA) is 29.1 Å². The van der Waals surface area contributed by atoms with Crippen LogP contribution in [0.2, 0.25) is 5.02 Å². The molecular weight excluding hydrogens is 246 g/mol. The molecule has 0 unspecified atom stereocenters. The standard InChI is InChI=1S/C15H20ClNO/c1-5-15(6-2)10-8-7-9-11(16)12(10)14(3,4)17-13(15)18/h7-9H,5-6H2,1-4H3,(H,17,18). The highest BCUT2D eigenvalue weighted by Gasteiger charge is 2.47. The van der Waals surface area contributed by atoms with Gasteiger partial charge >= 0.3 is 0 Å². The number of hydrogen-bond donors (Lipinski definition) is 1. The van der Waals surface area contributed by atoms with Gasteiger partial charge < -0.3 is 5.32 Å². The average Bonchev–Trinajstić information content (AvgIpc) is 2.29. The van der Waals surface area contributed by atoms with E-state index in [-0.39, 0.29) is 5.91 Å². The van der Waals surface area contributed by atoms with Crippen LogP contribution < -0.4 is 5.32 Å². The molecule has 1 heterocycles. The highest BCUT2D eigenvalue weighted by atomic mass is 35.5. The summed E-state index contributed by atoms with van der Waals surface area (Å²) in [5, 5.41) is 3.86. The van der Waals surface area contributed by atoms with Crippen LogP contribution >= 0.6 is 11.6 Å². The first-order valence-corrected chi connectivity index (χ1v) is 6.89. The number of hydrogen-bond acceptors (Lipinski definition) is 1. The summed E-state index contributed by atoms with van der Waals surface area (Å²) in [5.41, 5.74) is 1.32. The molecule has 2 rings (SSSR count). The Balaban J connectivity index is 2.78. The highest BCUT2D eigenvalue weighted by molar-refractivity contribution is 6.31. The van der Waals surface area contributed by atoms with E-state index in [4.69, 9.17) is 11.6 Å². The lowest BCUT2D eigenvalue weighted by Crippen LogP contribution is -2.56. The molecule has 1 aromatic rings. The number of carbonyl (C=O) groups is 1. The van der Waals surface area contributed by atoms with Crippen LogP contribution in [0.1, 0.15) is 51.7 Å². The van der Waals surface area contributed by atoms with E-state index >= 15 is 0 Å². The molecule has 0 saturated carbocycles. The van der Waals surface area contributed by atoms with Crippen molar-refractivity contribution in [3.8, 4) is 0 Å². The van der Waals surface area contributed by atoms with Crippen molar-refractivity contribution in [2.24, 2.45) is 0 Å².